The Morgan fingerprint density at radius 2 is 1.79 bits per heavy atom. The predicted molar refractivity (Wildman–Crippen MR) is 97.2 cm³/mol. The monoisotopic (exact) mass is 407 g/mol. The maximum absolute atomic E-state index is 13.0. The van der Waals surface area contributed by atoms with E-state index in [-0.39, 0.29) is 12.2 Å². The minimum Gasteiger partial charge on any atom is -0.494 e. The summed E-state index contributed by atoms with van der Waals surface area (Å²) in [5.41, 5.74) is -2.84. The number of nitrogens with one attached hydrogen (secondary N) is 1. The number of aromatic hydroxyl groups is 1. The lowest BCUT2D eigenvalue weighted by molar-refractivity contribution is -0.137. The molecule has 0 saturated carbocycles. The van der Waals surface area contributed by atoms with Gasteiger partial charge >= 0.3 is 11.9 Å². The van der Waals surface area contributed by atoms with E-state index in [1.54, 1.807) is 0 Å². The Morgan fingerprint density at radius 3 is 2.45 bits per heavy atom. The highest BCUT2D eigenvalue weighted by Gasteiger charge is 2.30. The molecule has 1 heterocycles. The van der Waals surface area contributed by atoms with Crippen LogP contribution in [0.1, 0.15) is 16.7 Å². The summed E-state index contributed by atoms with van der Waals surface area (Å²) in [6.07, 6.45) is -3.70. The molecule has 3 rings (SSSR count). The van der Waals surface area contributed by atoms with Gasteiger partial charge in [-0.05, 0) is 35.9 Å². The molecule has 0 bridgehead atoms. The highest BCUT2D eigenvalue weighted by molar-refractivity contribution is 5.84. The van der Waals surface area contributed by atoms with Crippen LogP contribution >= 0.6 is 0 Å². The molecule has 0 saturated heterocycles. The average Bonchev–Trinajstić information content (AvgIpc) is 2.66. The van der Waals surface area contributed by atoms with Crippen LogP contribution in [0.4, 0.5) is 23.2 Å². The van der Waals surface area contributed by atoms with Crippen molar-refractivity contribution in [3.05, 3.63) is 91.9 Å². The number of alkyl halides is 3. The van der Waals surface area contributed by atoms with E-state index in [1.807, 2.05) is 4.98 Å². The van der Waals surface area contributed by atoms with Gasteiger partial charge in [-0.25, -0.2) is 9.18 Å². The van der Waals surface area contributed by atoms with Crippen molar-refractivity contribution < 1.29 is 22.7 Å². The Labute approximate surface area is 160 Å². The van der Waals surface area contributed by atoms with Gasteiger partial charge in [0.05, 0.1) is 17.8 Å². The van der Waals surface area contributed by atoms with Crippen molar-refractivity contribution in [2.45, 2.75) is 12.7 Å². The van der Waals surface area contributed by atoms with E-state index in [0.717, 1.165) is 29.0 Å². The van der Waals surface area contributed by atoms with Gasteiger partial charge in [0.2, 0.25) is 5.88 Å². The number of halogens is 4. The fourth-order valence-electron chi connectivity index (χ4n) is 2.51. The molecule has 1 aromatic heterocycles. The van der Waals surface area contributed by atoms with Crippen molar-refractivity contribution in [1.29, 1.82) is 0 Å². The van der Waals surface area contributed by atoms with Crippen LogP contribution in [0.3, 0.4) is 0 Å². The van der Waals surface area contributed by atoms with E-state index < -0.39 is 40.2 Å². The van der Waals surface area contributed by atoms with Crippen molar-refractivity contribution in [3.63, 3.8) is 0 Å². The lowest BCUT2D eigenvalue weighted by Crippen LogP contribution is -2.32. The first-order valence-corrected chi connectivity index (χ1v) is 8.17. The Kier molecular flexibility index (Phi) is 5.35. The zero-order valence-electron chi connectivity index (χ0n) is 14.6. The molecule has 3 aromatic rings. The van der Waals surface area contributed by atoms with Crippen molar-refractivity contribution in [2.24, 2.45) is 4.99 Å². The standard InChI is InChI=1S/C19H13F4N3O3/c20-13-6-4-11(5-7-13)10-26-17(28)15(16(27)25-18(26)29)9-24-14-3-1-2-12(8-14)19(21,22)23/h1-9,28H,10H2,(H,25,27,29). The largest absolute Gasteiger partial charge is 0.494 e. The van der Waals surface area contributed by atoms with Crippen molar-refractivity contribution in [3.8, 4) is 5.88 Å². The Bertz CT molecular complexity index is 1180. The number of benzene rings is 2. The van der Waals surface area contributed by atoms with Crippen molar-refractivity contribution >= 4 is 11.9 Å². The molecule has 0 spiro atoms. The Morgan fingerprint density at radius 1 is 1.10 bits per heavy atom. The molecular weight excluding hydrogens is 394 g/mol. The molecule has 150 valence electrons. The molecule has 2 N–H and O–H groups in total. The van der Waals surface area contributed by atoms with Crippen molar-refractivity contribution in [1.82, 2.24) is 9.55 Å². The Hall–Kier alpha value is -3.69. The van der Waals surface area contributed by atoms with Gasteiger partial charge in [0.1, 0.15) is 11.4 Å². The second-order valence-corrected chi connectivity index (χ2v) is 6.02. The van der Waals surface area contributed by atoms with Crippen LogP contribution in [0.25, 0.3) is 0 Å². The van der Waals surface area contributed by atoms with E-state index in [1.165, 1.54) is 30.3 Å². The predicted octanol–water partition coefficient (Wildman–Crippen LogP) is 3.20. The van der Waals surface area contributed by atoms with Crippen LogP contribution in [-0.2, 0) is 12.7 Å². The molecule has 0 radical (unpaired) electrons. The number of H-pyrrole nitrogens is 1. The van der Waals surface area contributed by atoms with Crippen LogP contribution in [0.15, 0.2) is 63.1 Å². The van der Waals surface area contributed by atoms with Gasteiger partial charge in [-0.15, -0.1) is 0 Å². The summed E-state index contributed by atoms with van der Waals surface area (Å²) < 4.78 is 52.2. The van der Waals surface area contributed by atoms with Crippen LogP contribution in [0.2, 0.25) is 0 Å². The normalized spacial score (nSPS) is 11.9. The molecule has 0 amide bonds. The smallest absolute Gasteiger partial charge is 0.416 e. The highest BCUT2D eigenvalue weighted by Crippen LogP contribution is 2.31. The molecule has 2 aromatic carbocycles. The third-order valence-corrected chi connectivity index (χ3v) is 3.98. The molecule has 0 aliphatic rings. The maximum atomic E-state index is 13.0. The minimum atomic E-state index is -4.56. The number of aromatic amines is 1. The second kappa shape index (κ2) is 7.74. The number of hydrogen-bond donors (Lipinski definition) is 2. The zero-order valence-corrected chi connectivity index (χ0v) is 14.6. The summed E-state index contributed by atoms with van der Waals surface area (Å²) in [7, 11) is 0. The maximum Gasteiger partial charge on any atom is 0.416 e. The van der Waals surface area contributed by atoms with Gasteiger partial charge in [-0.1, -0.05) is 18.2 Å². The van der Waals surface area contributed by atoms with Gasteiger partial charge < -0.3 is 5.11 Å². The third-order valence-electron chi connectivity index (χ3n) is 3.98. The Balaban J connectivity index is 1.98. The van der Waals surface area contributed by atoms with Crippen LogP contribution < -0.4 is 11.2 Å². The molecule has 0 aliphatic carbocycles. The molecule has 29 heavy (non-hydrogen) atoms. The van der Waals surface area contributed by atoms with Gasteiger partial charge in [-0.3, -0.25) is 19.3 Å². The summed E-state index contributed by atoms with van der Waals surface area (Å²) in [6, 6.07) is 9.19. The number of rotatable bonds is 4. The molecular formula is C19H13F4N3O3. The van der Waals surface area contributed by atoms with Crippen LogP contribution in [0, 0.1) is 5.82 Å². The topological polar surface area (TPSA) is 87.5 Å². The SMILES string of the molecule is O=c1[nH]c(=O)n(Cc2ccc(F)cc2)c(O)c1C=Nc1cccc(C(F)(F)F)c1. The van der Waals surface area contributed by atoms with E-state index in [9.17, 15) is 32.3 Å². The van der Waals surface area contributed by atoms with Crippen molar-refractivity contribution in [2.75, 3.05) is 0 Å². The summed E-state index contributed by atoms with van der Waals surface area (Å²) in [4.78, 5) is 29.8. The quantitative estimate of drug-likeness (QED) is 0.514. The number of nitrogens with zero attached hydrogens (tertiary/aromatic N) is 2. The zero-order chi connectivity index (χ0) is 21.2. The molecule has 0 unspecified atom stereocenters. The molecule has 0 fully saturated rings. The lowest BCUT2D eigenvalue weighted by Gasteiger charge is -2.10. The van der Waals surface area contributed by atoms with E-state index in [4.69, 9.17) is 0 Å². The first-order chi connectivity index (χ1) is 13.6. The highest BCUT2D eigenvalue weighted by atomic mass is 19.4. The fourth-order valence-corrected chi connectivity index (χ4v) is 2.51. The van der Waals surface area contributed by atoms with E-state index >= 15 is 0 Å². The fraction of sp³-hybridized carbons (Fsp3) is 0.105. The van der Waals surface area contributed by atoms with Gasteiger partial charge in [0, 0.05) is 6.21 Å². The molecule has 6 nitrogen and oxygen atoms in total. The van der Waals surface area contributed by atoms with Gasteiger partial charge in [0.15, 0.2) is 0 Å². The van der Waals surface area contributed by atoms with E-state index in [0.29, 0.717) is 5.56 Å². The van der Waals surface area contributed by atoms with Crippen LogP contribution in [-0.4, -0.2) is 20.9 Å². The molecule has 10 heteroatoms. The first kappa shape index (κ1) is 20.1. The number of hydrogen-bond acceptors (Lipinski definition) is 4. The third kappa shape index (κ3) is 4.60. The van der Waals surface area contributed by atoms with Gasteiger partial charge in [-0.2, -0.15) is 13.2 Å². The molecule has 0 aliphatic heterocycles. The lowest BCUT2D eigenvalue weighted by atomic mass is 10.2. The number of aromatic nitrogens is 2. The van der Waals surface area contributed by atoms with E-state index in [2.05, 4.69) is 4.99 Å². The average molecular weight is 407 g/mol. The summed E-state index contributed by atoms with van der Waals surface area (Å²) in [6.45, 7) is -0.174. The minimum absolute atomic E-state index is 0.102. The summed E-state index contributed by atoms with van der Waals surface area (Å²) in [5.74, 6) is -1.21. The summed E-state index contributed by atoms with van der Waals surface area (Å²) in [5, 5.41) is 10.3. The first-order valence-electron chi connectivity index (χ1n) is 8.17. The van der Waals surface area contributed by atoms with Crippen LogP contribution in [0.5, 0.6) is 5.88 Å². The summed E-state index contributed by atoms with van der Waals surface area (Å²) >= 11 is 0. The second-order valence-electron chi connectivity index (χ2n) is 6.02. The number of aliphatic imine (C=N–C) groups is 1. The van der Waals surface area contributed by atoms with Gasteiger partial charge in [0.25, 0.3) is 5.56 Å². The molecule has 0 atom stereocenters.